The van der Waals surface area contributed by atoms with Crippen molar-refractivity contribution in [3.8, 4) is 11.5 Å². The highest BCUT2D eigenvalue weighted by Gasteiger charge is 2.15. The fraction of sp³-hybridized carbons (Fsp3) is 0.143. The summed E-state index contributed by atoms with van der Waals surface area (Å²) in [7, 11) is -4.44. The van der Waals surface area contributed by atoms with Crippen LogP contribution in [0.25, 0.3) is 0 Å². The molecule has 0 aromatic heterocycles. The Hall–Kier alpha value is -1.77. The zero-order valence-electron chi connectivity index (χ0n) is 10.7. The minimum absolute atomic E-state index is 0.273. The summed E-state index contributed by atoms with van der Waals surface area (Å²) < 4.78 is 21.8. The van der Waals surface area contributed by atoms with Crippen molar-refractivity contribution in [1.29, 1.82) is 0 Å². The standard InChI is InChI=1S/C14H15O4P/c1-11-7-3-5-9-13(11)17-19(15,16)18-14-10-6-4-8-12(14)2/h3-10H,1-2H3,(H,15,16)/p-1. The summed E-state index contributed by atoms with van der Waals surface area (Å²) in [6, 6.07) is 13.7. The number of phosphoric ester groups is 1. The molecule has 2 aromatic rings. The number of hydrogen-bond acceptors (Lipinski definition) is 4. The number of hydrogen-bond donors (Lipinski definition) is 0. The van der Waals surface area contributed by atoms with Gasteiger partial charge >= 0.3 is 7.82 Å². The van der Waals surface area contributed by atoms with E-state index in [1.165, 1.54) is 0 Å². The molecule has 0 aliphatic heterocycles. The van der Waals surface area contributed by atoms with Crippen molar-refractivity contribution in [3.63, 3.8) is 0 Å². The van der Waals surface area contributed by atoms with Gasteiger partial charge in [0.25, 0.3) is 0 Å². The van der Waals surface area contributed by atoms with Crippen molar-refractivity contribution in [3.05, 3.63) is 59.7 Å². The predicted octanol–water partition coefficient (Wildman–Crippen LogP) is 3.23. The van der Waals surface area contributed by atoms with Gasteiger partial charge in [-0.15, -0.1) is 0 Å². The molecule has 0 N–H and O–H groups in total. The Morgan fingerprint density at radius 3 is 1.58 bits per heavy atom. The third kappa shape index (κ3) is 3.60. The Morgan fingerprint density at radius 1 is 0.842 bits per heavy atom. The molecule has 0 saturated heterocycles. The molecule has 0 heterocycles. The van der Waals surface area contributed by atoms with Crippen LogP contribution in [-0.4, -0.2) is 0 Å². The van der Waals surface area contributed by atoms with Gasteiger partial charge in [-0.25, -0.2) is 4.57 Å². The molecule has 0 spiro atoms. The predicted molar refractivity (Wildman–Crippen MR) is 71.2 cm³/mol. The van der Waals surface area contributed by atoms with Crippen molar-refractivity contribution in [2.45, 2.75) is 13.8 Å². The van der Waals surface area contributed by atoms with Crippen LogP contribution in [0, 0.1) is 13.8 Å². The normalized spacial score (nSPS) is 11.1. The maximum atomic E-state index is 11.9. The van der Waals surface area contributed by atoms with Crippen LogP contribution in [0.4, 0.5) is 0 Å². The fourth-order valence-electron chi connectivity index (χ4n) is 1.58. The summed E-state index contributed by atoms with van der Waals surface area (Å²) in [6.45, 7) is 3.53. The summed E-state index contributed by atoms with van der Waals surface area (Å²) in [5.74, 6) is 0.545. The molecule has 0 amide bonds. The Balaban J connectivity index is 2.18. The SMILES string of the molecule is Cc1ccccc1OP(=O)([O-])Oc1ccccc1C. The molecule has 0 aliphatic carbocycles. The van der Waals surface area contributed by atoms with Crippen LogP contribution in [0.1, 0.15) is 11.1 Å². The molecule has 0 aliphatic rings. The first-order chi connectivity index (χ1) is 8.98. The third-order valence-electron chi connectivity index (χ3n) is 2.61. The molecule has 100 valence electrons. The van der Waals surface area contributed by atoms with Gasteiger partial charge in [0.2, 0.25) is 0 Å². The average molecular weight is 277 g/mol. The van der Waals surface area contributed by atoms with E-state index < -0.39 is 7.82 Å². The van der Waals surface area contributed by atoms with Gasteiger partial charge in [-0.1, -0.05) is 36.4 Å². The zero-order chi connectivity index (χ0) is 13.9. The first-order valence-electron chi connectivity index (χ1n) is 5.79. The quantitative estimate of drug-likeness (QED) is 0.805. The second-order valence-corrected chi connectivity index (χ2v) is 5.42. The fourth-order valence-corrected chi connectivity index (χ4v) is 2.51. The van der Waals surface area contributed by atoms with E-state index in [4.69, 9.17) is 9.05 Å². The molecule has 2 rings (SSSR count). The molecule has 5 heteroatoms. The minimum Gasteiger partial charge on any atom is -0.736 e. The van der Waals surface area contributed by atoms with Crippen molar-refractivity contribution in [2.24, 2.45) is 0 Å². The van der Waals surface area contributed by atoms with Gasteiger partial charge in [-0.3, -0.25) is 0 Å². The maximum absolute atomic E-state index is 11.9. The molecule has 19 heavy (non-hydrogen) atoms. The molecule has 0 unspecified atom stereocenters. The van der Waals surface area contributed by atoms with E-state index in [-0.39, 0.29) is 11.5 Å². The average Bonchev–Trinajstić information content (AvgIpc) is 2.35. The summed E-state index contributed by atoms with van der Waals surface area (Å²) in [4.78, 5) is 11.9. The monoisotopic (exact) mass is 277 g/mol. The molecule has 0 radical (unpaired) electrons. The van der Waals surface area contributed by atoms with E-state index in [0.717, 1.165) is 11.1 Å². The maximum Gasteiger partial charge on any atom is 0.372 e. The van der Waals surface area contributed by atoms with Gasteiger partial charge in [0.15, 0.2) is 0 Å². The minimum atomic E-state index is -4.44. The number of rotatable bonds is 4. The Kier molecular flexibility index (Phi) is 3.93. The molecule has 4 nitrogen and oxygen atoms in total. The lowest BCUT2D eigenvalue weighted by Gasteiger charge is -2.25. The summed E-state index contributed by atoms with van der Waals surface area (Å²) in [6.07, 6.45) is 0. The van der Waals surface area contributed by atoms with Crippen LogP contribution in [0.2, 0.25) is 0 Å². The molecule has 0 atom stereocenters. The topological polar surface area (TPSA) is 58.6 Å². The Bertz CT molecular complexity index is 573. The van der Waals surface area contributed by atoms with Crippen LogP contribution in [0.5, 0.6) is 11.5 Å². The molecule has 2 aromatic carbocycles. The van der Waals surface area contributed by atoms with Crippen molar-refractivity contribution in [1.82, 2.24) is 0 Å². The van der Waals surface area contributed by atoms with Crippen molar-refractivity contribution >= 4 is 7.82 Å². The lowest BCUT2D eigenvalue weighted by atomic mass is 10.2. The second-order valence-electron chi connectivity index (χ2n) is 4.16. The van der Waals surface area contributed by atoms with E-state index in [1.54, 1.807) is 62.4 Å². The van der Waals surface area contributed by atoms with Gasteiger partial charge in [-0.05, 0) is 37.1 Å². The van der Waals surface area contributed by atoms with Gasteiger partial charge in [-0.2, -0.15) is 0 Å². The summed E-state index contributed by atoms with van der Waals surface area (Å²) in [5, 5.41) is 0. The largest absolute Gasteiger partial charge is 0.736 e. The van der Waals surface area contributed by atoms with Crippen molar-refractivity contribution < 1.29 is 18.5 Å². The lowest BCUT2D eigenvalue weighted by Crippen LogP contribution is -2.13. The highest BCUT2D eigenvalue weighted by Crippen LogP contribution is 2.42. The van der Waals surface area contributed by atoms with Crippen LogP contribution in [0.15, 0.2) is 48.5 Å². The molecular weight excluding hydrogens is 263 g/mol. The molecular formula is C14H14O4P-. The van der Waals surface area contributed by atoms with E-state index in [0.29, 0.717) is 0 Å². The van der Waals surface area contributed by atoms with Crippen LogP contribution < -0.4 is 13.9 Å². The van der Waals surface area contributed by atoms with Gasteiger partial charge in [0.05, 0.1) is 0 Å². The van der Waals surface area contributed by atoms with Crippen LogP contribution >= 0.6 is 7.82 Å². The van der Waals surface area contributed by atoms with Crippen molar-refractivity contribution in [2.75, 3.05) is 0 Å². The Morgan fingerprint density at radius 2 is 1.21 bits per heavy atom. The number of para-hydroxylation sites is 2. The second kappa shape index (κ2) is 5.47. The lowest BCUT2D eigenvalue weighted by molar-refractivity contribution is -0.208. The van der Waals surface area contributed by atoms with E-state index in [1.807, 2.05) is 0 Å². The van der Waals surface area contributed by atoms with Gasteiger partial charge in [0.1, 0.15) is 11.5 Å². The van der Waals surface area contributed by atoms with E-state index >= 15 is 0 Å². The van der Waals surface area contributed by atoms with Crippen LogP contribution in [-0.2, 0) is 4.57 Å². The smallest absolute Gasteiger partial charge is 0.372 e. The first kappa shape index (κ1) is 13.7. The summed E-state index contributed by atoms with van der Waals surface area (Å²) in [5.41, 5.74) is 1.46. The molecule has 0 saturated carbocycles. The molecule has 0 fully saturated rings. The number of phosphoric acid groups is 1. The van der Waals surface area contributed by atoms with E-state index in [2.05, 4.69) is 0 Å². The molecule has 0 bridgehead atoms. The third-order valence-corrected chi connectivity index (χ3v) is 3.45. The highest BCUT2D eigenvalue weighted by molar-refractivity contribution is 7.46. The van der Waals surface area contributed by atoms with Crippen LogP contribution in [0.3, 0.4) is 0 Å². The summed E-state index contributed by atoms with van der Waals surface area (Å²) >= 11 is 0. The van der Waals surface area contributed by atoms with Gasteiger partial charge in [0, 0.05) is 0 Å². The number of benzene rings is 2. The number of aryl methyl sites for hydroxylation is 2. The van der Waals surface area contributed by atoms with Gasteiger partial charge < -0.3 is 13.9 Å². The highest BCUT2D eigenvalue weighted by atomic mass is 31.2. The van der Waals surface area contributed by atoms with E-state index in [9.17, 15) is 9.46 Å². The zero-order valence-corrected chi connectivity index (χ0v) is 11.6. The first-order valence-corrected chi connectivity index (χ1v) is 7.25. The Labute approximate surface area is 112 Å².